The molecule has 0 unspecified atom stereocenters. The van der Waals surface area contributed by atoms with Crippen LogP contribution in [-0.4, -0.2) is 71.5 Å². The van der Waals surface area contributed by atoms with Gasteiger partial charge in [0.2, 0.25) is 29.7 Å². The van der Waals surface area contributed by atoms with Gasteiger partial charge in [0, 0.05) is 5.41 Å². The van der Waals surface area contributed by atoms with Crippen molar-refractivity contribution < 1.29 is 39.0 Å². The van der Waals surface area contributed by atoms with Gasteiger partial charge < -0.3 is 31.5 Å². The second-order valence-corrected chi connectivity index (χ2v) is 6.15. The summed E-state index contributed by atoms with van der Waals surface area (Å²) in [4.78, 5) is 67.6. The molecule has 12 nitrogen and oxygen atoms in total. The zero-order valence-electron chi connectivity index (χ0n) is 15.2. The first-order valence-corrected chi connectivity index (χ1v) is 7.97. The van der Waals surface area contributed by atoms with E-state index < -0.39 is 54.2 Å². The summed E-state index contributed by atoms with van der Waals surface area (Å²) in [7, 11) is 0. The lowest BCUT2D eigenvalue weighted by molar-refractivity contribution is -0.153. The largest absolute Gasteiger partial charge is 0.479 e. The van der Waals surface area contributed by atoms with Crippen molar-refractivity contribution >= 4 is 35.6 Å². The zero-order valence-corrected chi connectivity index (χ0v) is 15.2. The lowest BCUT2D eigenvalue weighted by Gasteiger charge is -2.21. The molecule has 0 saturated carbocycles. The number of hydrogen-bond donors (Lipinski definition) is 6. The van der Waals surface area contributed by atoms with E-state index in [4.69, 9.17) is 10.2 Å². The highest BCUT2D eigenvalue weighted by atomic mass is 16.4. The van der Waals surface area contributed by atoms with Gasteiger partial charge >= 0.3 is 11.9 Å². The zero-order chi connectivity index (χ0) is 21.2. The standard InChI is InChI=1S/C15H24N4O8/c1-4-15(2,3)14(27)18-6-9(21)16-5-8(20)17-7-10(22)19-11(12(23)24)13(25)26/h11H,4-7H2,1-3H3,(H,16,21)(H,17,20)(H,18,27)(H,19,22)(H,23,24)(H,25,26). The topological polar surface area (TPSA) is 191 Å². The van der Waals surface area contributed by atoms with Crippen LogP contribution < -0.4 is 21.3 Å². The van der Waals surface area contributed by atoms with Crippen LogP contribution in [0.3, 0.4) is 0 Å². The molecule has 0 atom stereocenters. The van der Waals surface area contributed by atoms with Crippen molar-refractivity contribution in [1.82, 2.24) is 21.3 Å². The molecule has 0 aromatic rings. The van der Waals surface area contributed by atoms with Crippen LogP contribution in [-0.2, 0) is 28.8 Å². The lowest BCUT2D eigenvalue weighted by atomic mass is 9.89. The maximum Gasteiger partial charge on any atom is 0.338 e. The molecule has 0 radical (unpaired) electrons. The van der Waals surface area contributed by atoms with Gasteiger partial charge in [0.25, 0.3) is 0 Å². The number of aliphatic carboxylic acids is 2. The number of amides is 4. The average Bonchev–Trinajstić information content (AvgIpc) is 2.59. The van der Waals surface area contributed by atoms with Gasteiger partial charge in [-0.3, -0.25) is 19.2 Å². The molecule has 0 heterocycles. The molecule has 0 bridgehead atoms. The first-order chi connectivity index (χ1) is 12.4. The van der Waals surface area contributed by atoms with E-state index >= 15 is 0 Å². The smallest absolute Gasteiger partial charge is 0.338 e. The Kier molecular flexibility index (Phi) is 9.47. The van der Waals surface area contributed by atoms with Gasteiger partial charge in [0.05, 0.1) is 19.6 Å². The molecule has 0 fully saturated rings. The highest BCUT2D eigenvalue weighted by molar-refractivity contribution is 6.01. The molecule has 0 saturated heterocycles. The maximum absolute atomic E-state index is 11.8. The molecule has 0 aliphatic carbocycles. The Morgan fingerprint density at radius 3 is 1.59 bits per heavy atom. The normalized spacial score (nSPS) is 10.7. The fourth-order valence-corrected chi connectivity index (χ4v) is 1.48. The summed E-state index contributed by atoms with van der Waals surface area (Å²) in [6, 6.07) is -2.13. The molecular weight excluding hydrogens is 364 g/mol. The summed E-state index contributed by atoms with van der Waals surface area (Å²) in [6.07, 6.45) is 0.579. The fraction of sp³-hybridized carbons (Fsp3) is 0.600. The number of carbonyl (C=O) groups excluding carboxylic acids is 4. The quantitative estimate of drug-likeness (QED) is 0.208. The number of carboxylic acids is 2. The fourth-order valence-electron chi connectivity index (χ4n) is 1.48. The minimum Gasteiger partial charge on any atom is -0.479 e. The van der Waals surface area contributed by atoms with E-state index in [2.05, 4.69) is 16.0 Å². The molecule has 0 aromatic heterocycles. The summed E-state index contributed by atoms with van der Waals surface area (Å²) >= 11 is 0. The third-order valence-electron chi connectivity index (χ3n) is 3.60. The molecule has 0 aromatic carbocycles. The molecule has 0 aliphatic heterocycles. The Bertz CT molecular complexity index is 603. The number of hydrogen-bond acceptors (Lipinski definition) is 6. The Hall–Kier alpha value is -3.18. The highest BCUT2D eigenvalue weighted by Gasteiger charge is 2.27. The molecule has 12 heteroatoms. The average molecular weight is 388 g/mol. The predicted octanol–water partition coefficient (Wildman–Crippen LogP) is -2.57. The number of carboxylic acid groups (broad SMARTS) is 2. The van der Waals surface area contributed by atoms with Crippen molar-refractivity contribution in [3.05, 3.63) is 0 Å². The van der Waals surface area contributed by atoms with Gasteiger partial charge in [-0.05, 0) is 6.42 Å². The van der Waals surface area contributed by atoms with Crippen LogP contribution >= 0.6 is 0 Å². The molecular formula is C15H24N4O8. The van der Waals surface area contributed by atoms with E-state index in [-0.39, 0.29) is 12.5 Å². The molecule has 0 rings (SSSR count). The summed E-state index contributed by atoms with van der Waals surface area (Å²) in [5.74, 6) is -6.25. The van der Waals surface area contributed by atoms with Crippen LogP contribution in [0.1, 0.15) is 27.2 Å². The van der Waals surface area contributed by atoms with E-state index in [1.807, 2.05) is 6.92 Å². The maximum atomic E-state index is 11.8. The molecule has 152 valence electrons. The van der Waals surface area contributed by atoms with Crippen LogP contribution in [0, 0.1) is 5.41 Å². The van der Waals surface area contributed by atoms with Gasteiger partial charge in [-0.15, -0.1) is 0 Å². The molecule has 27 heavy (non-hydrogen) atoms. The van der Waals surface area contributed by atoms with Crippen molar-refractivity contribution in [3.63, 3.8) is 0 Å². The van der Waals surface area contributed by atoms with E-state index in [9.17, 15) is 28.8 Å². The van der Waals surface area contributed by atoms with Gasteiger partial charge in [-0.25, -0.2) is 9.59 Å². The lowest BCUT2D eigenvalue weighted by Crippen LogP contribution is -2.50. The minimum absolute atomic E-state index is 0.312. The third kappa shape index (κ3) is 9.18. The van der Waals surface area contributed by atoms with Crippen LogP contribution in [0.15, 0.2) is 0 Å². The molecule has 6 N–H and O–H groups in total. The van der Waals surface area contributed by atoms with E-state index in [1.165, 1.54) is 0 Å². The van der Waals surface area contributed by atoms with Crippen molar-refractivity contribution in [2.45, 2.75) is 33.2 Å². The second kappa shape index (κ2) is 10.7. The van der Waals surface area contributed by atoms with Gasteiger partial charge in [-0.2, -0.15) is 0 Å². The number of carbonyl (C=O) groups is 6. The van der Waals surface area contributed by atoms with Gasteiger partial charge in [0.1, 0.15) is 0 Å². The van der Waals surface area contributed by atoms with Crippen LogP contribution in [0.5, 0.6) is 0 Å². The van der Waals surface area contributed by atoms with Crippen LogP contribution in [0.25, 0.3) is 0 Å². The summed E-state index contributed by atoms with van der Waals surface area (Å²) in [5.41, 5.74) is -0.630. The van der Waals surface area contributed by atoms with Crippen molar-refractivity contribution in [2.75, 3.05) is 19.6 Å². The monoisotopic (exact) mass is 388 g/mol. The molecule has 0 spiro atoms. The summed E-state index contributed by atoms with van der Waals surface area (Å²) in [5, 5.41) is 25.7. The first-order valence-electron chi connectivity index (χ1n) is 7.97. The summed E-state index contributed by atoms with van der Waals surface area (Å²) in [6.45, 7) is 3.79. The minimum atomic E-state index is -2.13. The molecule has 4 amide bonds. The SMILES string of the molecule is CCC(C)(C)C(=O)NCC(=O)NCC(=O)NCC(=O)NC(C(=O)O)C(=O)O. The second-order valence-electron chi connectivity index (χ2n) is 6.15. The highest BCUT2D eigenvalue weighted by Crippen LogP contribution is 2.18. The predicted molar refractivity (Wildman–Crippen MR) is 90.3 cm³/mol. The third-order valence-corrected chi connectivity index (χ3v) is 3.60. The van der Waals surface area contributed by atoms with Gasteiger partial charge in [0.15, 0.2) is 0 Å². The van der Waals surface area contributed by atoms with Crippen molar-refractivity contribution in [3.8, 4) is 0 Å². The van der Waals surface area contributed by atoms with E-state index in [1.54, 1.807) is 19.2 Å². The van der Waals surface area contributed by atoms with Gasteiger partial charge in [-0.1, -0.05) is 20.8 Å². The number of nitrogens with one attached hydrogen (secondary N) is 4. The number of rotatable bonds is 11. The van der Waals surface area contributed by atoms with Crippen LogP contribution in [0.2, 0.25) is 0 Å². The summed E-state index contributed by atoms with van der Waals surface area (Å²) < 4.78 is 0. The Morgan fingerprint density at radius 2 is 1.19 bits per heavy atom. The Morgan fingerprint density at radius 1 is 0.778 bits per heavy atom. The van der Waals surface area contributed by atoms with E-state index in [0.29, 0.717) is 6.42 Å². The first kappa shape index (κ1) is 23.8. The van der Waals surface area contributed by atoms with Crippen molar-refractivity contribution in [1.29, 1.82) is 0 Å². The van der Waals surface area contributed by atoms with E-state index in [0.717, 1.165) is 0 Å². The molecule has 0 aliphatic rings. The van der Waals surface area contributed by atoms with Crippen molar-refractivity contribution in [2.24, 2.45) is 5.41 Å². The Labute approximate surface area is 155 Å². The Balaban J connectivity index is 4.18. The van der Waals surface area contributed by atoms with Crippen LogP contribution in [0.4, 0.5) is 0 Å².